The van der Waals surface area contributed by atoms with Crippen LogP contribution in [-0.2, 0) is 57.2 Å². The molecule has 0 unspecified atom stereocenters. The number of esters is 5. The summed E-state index contributed by atoms with van der Waals surface area (Å²) >= 11 is 0. The molecule has 0 aromatic heterocycles. The molecule has 15 heteroatoms. The molecule has 0 aliphatic carbocycles. The first kappa shape index (κ1) is 30.5. The van der Waals surface area contributed by atoms with E-state index < -0.39 is 85.0 Å². The molecule has 2 aliphatic heterocycles. The summed E-state index contributed by atoms with van der Waals surface area (Å²) in [5, 5.41) is 5.05. The van der Waals surface area contributed by atoms with Gasteiger partial charge in [0.2, 0.25) is 5.91 Å². The van der Waals surface area contributed by atoms with Crippen LogP contribution in [0.25, 0.3) is 0 Å². The molecule has 2 N–H and O–H groups in total. The van der Waals surface area contributed by atoms with Gasteiger partial charge in [0.1, 0.15) is 24.9 Å². The smallest absolute Gasteiger partial charge is 0.415 e. The fourth-order valence-corrected chi connectivity index (χ4v) is 4.02. The van der Waals surface area contributed by atoms with E-state index in [1.807, 2.05) is 0 Å². The Morgan fingerprint density at radius 2 is 1.39 bits per heavy atom. The second-order valence-electron chi connectivity index (χ2n) is 8.69. The number of hydrogen-bond acceptors (Lipinski definition) is 13. The average molecular weight is 545 g/mol. The summed E-state index contributed by atoms with van der Waals surface area (Å²) in [5.41, 5.74) is 0. The normalized spacial score (nSPS) is 26.4. The van der Waals surface area contributed by atoms with Gasteiger partial charge in [-0.3, -0.25) is 24.0 Å². The van der Waals surface area contributed by atoms with Crippen molar-refractivity contribution in [1.82, 2.24) is 10.6 Å². The van der Waals surface area contributed by atoms with Crippen molar-refractivity contribution in [1.29, 1.82) is 0 Å². The van der Waals surface area contributed by atoms with Crippen molar-refractivity contribution in [2.24, 2.45) is 0 Å². The molecular weight excluding hydrogens is 512 g/mol. The van der Waals surface area contributed by atoms with Gasteiger partial charge in [0.15, 0.2) is 18.3 Å². The quantitative estimate of drug-likeness (QED) is 0.137. The van der Waals surface area contributed by atoms with Crippen molar-refractivity contribution in [3.8, 4) is 0 Å². The van der Waals surface area contributed by atoms with Crippen LogP contribution in [0.4, 0.5) is 4.79 Å². The Morgan fingerprint density at radius 3 is 1.92 bits per heavy atom. The van der Waals surface area contributed by atoms with Crippen LogP contribution in [0.5, 0.6) is 0 Å². The number of nitrogens with one attached hydrogen (secondary N) is 2. The van der Waals surface area contributed by atoms with E-state index in [-0.39, 0.29) is 13.0 Å². The fraction of sp³-hybridized carbons (Fsp3) is 0.696. The van der Waals surface area contributed by atoms with Crippen molar-refractivity contribution in [3.63, 3.8) is 0 Å². The number of hydrogen-bond donors (Lipinski definition) is 2. The van der Waals surface area contributed by atoms with Crippen LogP contribution < -0.4 is 10.6 Å². The van der Waals surface area contributed by atoms with E-state index in [2.05, 4.69) is 15.4 Å². The molecule has 0 bridgehead atoms. The second kappa shape index (κ2) is 14.3. The Morgan fingerprint density at radius 1 is 0.816 bits per heavy atom. The van der Waals surface area contributed by atoms with E-state index in [0.29, 0.717) is 19.3 Å². The maximum absolute atomic E-state index is 12.7. The minimum absolute atomic E-state index is 0.222. The van der Waals surface area contributed by atoms with E-state index in [0.717, 1.165) is 27.7 Å². The highest BCUT2D eigenvalue weighted by Gasteiger charge is 2.52. The van der Waals surface area contributed by atoms with Gasteiger partial charge in [0.25, 0.3) is 0 Å². The largest absolute Gasteiger partial charge is 0.463 e. The number of ether oxygens (including phenoxy) is 6. The predicted molar refractivity (Wildman–Crippen MR) is 122 cm³/mol. The van der Waals surface area contributed by atoms with Gasteiger partial charge in [0.05, 0.1) is 6.42 Å². The molecule has 0 aromatic carbocycles. The molecule has 38 heavy (non-hydrogen) atoms. The van der Waals surface area contributed by atoms with Gasteiger partial charge >= 0.3 is 35.9 Å². The summed E-state index contributed by atoms with van der Waals surface area (Å²) < 4.78 is 31.2. The lowest BCUT2D eigenvalue weighted by atomic mass is 9.92. The van der Waals surface area contributed by atoms with E-state index in [1.54, 1.807) is 0 Å². The monoisotopic (exact) mass is 544 g/mol. The van der Waals surface area contributed by atoms with Crippen molar-refractivity contribution >= 4 is 41.8 Å². The van der Waals surface area contributed by atoms with Crippen LogP contribution in [0, 0.1) is 0 Å². The van der Waals surface area contributed by atoms with Gasteiger partial charge in [-0.1, -0.05) is 0 Å². The second-order valence-corrected chi connectivity index (χ2v) is 8.69. The van der Waals surface area contributed by atoms with Gasteiger partial charge in [-0.2, -0.15) is 0 Å². The van der Waals surface area contributed by atoms with Crippen LogP contribution >= 0.6 is 0 Å². The Bertz CT molecular complexity index is 936. The number of unbranched alkanes of at least 4 members (excludes halogenated alkanes) is 1. The fourth-order valence-electron chi connectivity index (χ4n) is 4.02. The Balaban J connectivity index is 2.08. The standard InChI is InChI=1S/C23H32N2O13/c1-11(26)33-10-17-20(35-13(3)28)21(36-14(4)29)19(34-12(2)27)16(37-17)9-18(30)24-8-6-5-7-15-22(31)38-23(32)25-15/h15-17,19-21H,5-10H2,1-4H3,(H,24,30)(H,25,32)/t15-,16+,17+,19+,20+,21+/m0/s1. The maximum atomic E-state index is 12.7. The maximum Gasteiger partial charge on any atom is 0.415 e. The lowest BCUT2D eigenvalue weighted by Gasteiger charge is -2.44. The molecule has 0 spiro atoms. The van der Waals surface area contributed by atoms with Crippen molar-refractivity contribution in [2.75, 3.05) is 13.2 Å². The number of cyclic esters (lactones) is 2. The molecule has 212 valence electrons. The van der Waals surface area contributed by atoms with Crippen LogP contribution in [0.1, 0.15) is 53.4 Å². The molecule has 0 saturated carbocycles. The minimum Gasteiger partial charge on any atom is -0.463 e. The van der Waals surface area contributed by atoms with Crippen molar-refractivity contribution < 1.29 is 62.0 Å². The number of amides is 2. The minimum atomic E-state index is -1.35. The van der Waals surface area contributed by atoms with E-state index in [9.17, 15) is 33.6 Å². The van der Waals surface area contributed by atoms with Crippen molar-refractivity contribution in [2.45, 2.75) is 89.9 Å². The molecule has 2 fully saturated rings. The van der Waals surface area contributed by atoms with Gasteiger partial charge in [-0.25, -0.2) is 9.59 Å². The van der Waals surface area contributed by atoms with Gasteiger partial charge in [-0.05, 0) is 19.3 Å². The summed E-state index contributed by atoms with van der Waals surface area (Å²) in [6.45, 7) is 4.30. The highest BCUT2D eigenvalue weighted by atomic mass is 16.7. The zero-order valence-electron chi connectivity index (χ0n) is 21.5. The van der Waals surface area contributed by atoms with Gasteiger partial charge in [0, 0.05) is 34.2 Å². The first-order valence-corrected chi connectivity index (χ1v) is 12.0. The number of alkyl carbamates (subject to hydrolysis) is 1. The summed E-state index contributed by atoms with van der Waals surface area (Å²) in [6.07, 6.45) is -6.10. The first-order chi connectivity index (χ1) is 17.9. The molecule has 2 saturated heterocycles. The third-order valence-corrected chi connectivity index (χ3v) is 5.49. The highest BCUT2D eigenvalue weighted by molar-refractivity contribution is 5.95. The average Bonchev–Trinajstić information content (AvgIpc) is 3.12. The molecule has 0 radical (unpaired) electrons. The lowest BCUT2D eigenvalue weighted by molar-refractivity contribution is -0.252. The number of rotatable bonds is 12. The van der Waals surface area contributed by atoms with Gasteiger partial charge in [-0.15, -0.1) is 0 Å². The molecular formula is C23H32N2O13. The lowest BCUT2D eigenvalue weighted by Crippen LogP contribution is -2.62. The first-order valence-electron chi connectivity index (χ1n) is 12.0. The molecule has 2 amide bonds. The zero-order chi connectivity index (χ0) is 28.4. The molecule has 15 nitrogen and oxygen atoms in total. The molecule has 2 heterocycles. The molecule has 2 aliphatic rings. The van der Waals surface area contributed by atoms with Crippen LogP contribution in [-0.4, -0.2) is 91.6 Å². The van der Waals surface area contributed by atoms with Crippen LogP contribution in [0.3, 0.4) is 0 Å². The Hall–Kier alpha value is -3.75. The molecule has 0 aromatic rings. The topological polar surface area (TPSA) is 199 Å². The van der Waals surface area contributed by atoms with Crippen LogP contribution in [0.15, 0.2) is 0 Å². The predicted octanol–water partition coefficient (Wildman–Crippen LogP) is -0.576. The SMILES string of the molecule is CC(=O)OC[C@H]1O[C@H](CC(=O)NCCCC[C@@H]2NC(=O)OC2=O)[C@@H](OC(C)=O)[C@@H](OC(C)=O)[C@@H]1OC(C)=O. The Kier molecular flexibility index (Phi) is 11.4. The molecule has 2 rings (SSSR count). The number of carbonyl (C=O) groups excluding carboxylic acids is 7. The van der Waals surface area contributed by atoms with E-state index >= 15 is 0 Å². The number of carbonyl (C=O) groups is 7. The third-order valence-electron chi connectivity index (χ3n) is 5.49. The van der Waals surface area contributed by atoms with Gasteiger partial charge < -0.3 is 39.1 Å². The summed E-state index contributed by atoms with van der Waals surface area (Å²) in [5.74, 6) is -4.10. The summed E-state index contributed by atoms with van der Waals surface area (Å²) in [4.78, 5) is 82.0. The third kappa shape index (κ3) is 9.61. The van der Waals surface area contributed by atoms with E-state index in [4.69, 9.17) is 23.7 Å². The van der Waals surface area contributed by atoms with E-state index in [1.165, 1.54) is 0 Å². The highest BCUT2D eigenvalue weighted by Crippen LogP contribution is 2.30. The summed E-state index contributed by atoms with van der Waals surface area (Å²) in [6, 6.07) is -0.726. The Labute approximate surface area is 218 Å². The van der Waals surface area contributed by atoms with Crippen LogP contribution in [0.2, 0.25) is 0 Å². The zero-order valence-corrected chi connectivity index (χ0v) is 21.5. The summed E-state index contributed by atoms with van der Waals surface area (Å²) in [7, 11) is 0. The molecule has 6 atom stereocenters. The van der Waals surface area contributed by atoms with Crippen molar-refractivity contribution in [3.05, 3.63) is 0 Å².